The number of benzene rings is 1. The molecule has 1 rings (SSSR count). The zero-order valence-corrected chi connectivity index (χ0v) is 11.5. The van der Waals surface area contributed by atoms with Gasteiger partial charge in [-0.05, 0) is 30.7 Å². The van der Waals surface area contributed by atoms with Crippen molar-refractivity contribution in [1.29, 1.82) is 0 Å². The molecule has 0 heterocycles. The smallest absolute Gasteiger partial charge is 0.254 e. The molecule has 0 fully saturated rings. The highest BCUT2D eigenvalue weighted by Crippen LogP contribution is 2.16. The largest absolute Gasteiger partial charge is 0.331 e. The molecule has 1 amide bonds. The Kier molecular flexibility index (Phi) is 5.16. The van der Waals surface area contributed by atoms with Crippen molar-refractivity contribution in [3.8, 4) is 0 Å². The predicted molar refractivity (Wildman–Crippen MR) is 75.2 cm³/mol. The van der Waals surface area contributed by atoms with Gasteiger partial charge in [-0.2, -0.15) is 0 Å². The second-order valence-corrected chi connectivity index (χ2v) is 4.72. The molecular formula is C14H16BrNO. The first-order chi connectivity index (χ1) is 8.08. The molecule has 0 aliphatic carbocycles. The number of hydrogen-bond acceptors (Lipinski definition) is 1. The van der Waals surface area contributed by atoms with E-state index in [1.807, 2.05) is 25.1 Å². The van der Waals surface area contributed by atoms with Crippen LogP contribution in [0.2, 0.25) is 0 Å². The summed E-state index contributed by atoms with van der Waals surface area (Å²) < 4.78 is 0.915. The topological polar surface area (TPSA) is 20.3 Å². The van der Waals surface area contributed by atoms with Crippen LogP contribution in [0.15, 0.2) is 48.0 Å². The lowest BCUT2D eigenvalue weighted by Gasteiger charge is -2.19. The van der Waals surface area contributed by atoms with Crippen molar-refractivity contribution >= 4 is 21.8 Å². The fraction of sp³-hybridized carbons (Fsp3) is 0.214. The normalized spacial score (nSPS) is 9.76. The molecule has 0 atom stereocenters. The molecule has 0 bridgehead atoms. The van der Waals surface area contributed by atoms with Gasteiger partial charge in [0.05, 0.1) is 0 Å². The van der Waals surface area contributed by atoms with Crippen LogP contribution in [-0.2, 0) is 0 Å². The Hall–Kier alpha value is -1.35. The third kappa shape index (κ3) is 3.86. The second kappa shape index (κ2) is 6.40. The van der Waals surface area contributed by atoms with Crippen LogP contribution in [0.25, 0.3) is 0 Å². The van der Waals surface area contributed by atoms with Gasteiger partial charge < -0.3 is 4.90 Å². The zero-order chi connectivity index (χ0) is 12.8. The lowest BCUT2D eigenvalue weighted by molar-refractivity contribution is 0.0790. The van der Waals surface area contributed by atoms with Gasteiger partial charge in [0.2, 0.25) is 0 Å². The van der Waals surface area contributed by atoms with Crippen LogP contribution in [0.5, 0.6) is 0 Å². The summed E-state index contributed by atoms with van der Waals surface area (Å²) in [5.41, 5.74) is 1.74. The maximum atomic E-state index is 12.2. The summed E-state index contributed by atoms with van der Waals surface area (Å²) in [5.74, 6) is -0.00537. The van der Waals surface area contributed by atoms with Gasteiger partial charge in [0.25, 0.3) is 5.91 Å². The monoisotopic (exact) mass is 293 g/mol. The number of amides is 1. The minimum Gasteiger partial charge on any atom is -0.331 e. The van der Waals surface area contributed by atoms with E-state index in [1.165, 1.54) is 0 Å². The van der Waals surface area contributed by atoms with Crippen LogP contribution in [0.3, 0.4) is 0 Å². The Labute approximate surface area is 111 Å². The zero-order valence-electron chi connectivity index (χ0n) is 9.95. The van der Waals surface area contributed by atoms with Gasteiger partial charge in [-0.3, -0.25) is 4.79 Å². The molecule has 0 unspecified atom stereocenters. The Morgan fingerprint density at radius 1 is 1.29 bits per heavy atom. The molecule has 0 aromatic heterocycles. The highest BCUT2D eigenvalue weighted by molar-refractivity contribution is 9.10. The summed E-state index contributed by atoms with van der Waals surface area (Å²) in [5, 5.41) is 0. The van der Waals surface area contributed by atoms with E-state index in [1.54, 1.807) is 17.1 Å². The maximum Gasteiger partial charge on any atom is 0.254 e. The number of nitrogens with zero attached hydrogens (tertiary/aromatic N) is 1. The van der Waals surface area contributed by atoms with Gasteiger partial charge >= 0.3 is 0 Å². The Bertz CT molecular complexity index is 410. The van der Waals surface area contributed by atoms with E-state index in [0.29, 0.717) is 18.7 Å². The maximum absolute atomic E-state index is 12.2. The van der Waals surface area contributed by atoms with Crippen LogP contribution < -0.4 is 0 Å². The van der Waals surface area contributed by atoms with Crippen molar-refractivity contribution in [1.82, 2.24) is 4.90 Å². The van der Waals surface area contributed by atoms with Crippen molar-refractivity contribution in [2.45, 2.75) is 6.92 Å². The number of hydrogen-bond donors (Lipinski definition) is 0. The summed E-state index contributed by atoms with van der Waals surface area (Å²) in [4.78, 5) is 13.9. The first kappa shape index (κ1) is 13.7. The molecule has 0 N–H and O–H groups in total. The Morgan fingerprint density at radius 2 is 1.88 bits per heavy atom. The van der Waals surface area contributed by atoms with Crippen molar-refractivity contribution in [2.75, 3.05) is 13.1 Å². The molecule has 0 saturated heterocycles. The van der Waals surface area contributed by atoms with Crippen LogP contribution >= 0.6 is 15.9 Å². The van der Waals surface area contributed by atoms with Crippen molar-refractivity contribution in [3.05, 3.63) is 59.1 Å². The first-order valence-corrected chi connectivity index (χ1v) is 6.16. The molecular weight excluding hydrogens is 278 g/mol. The summed E-state index contributed by atoms with van der Waals surface area (Å²) in [7, 11) is 0. The number of carbonyl (C=O) groups excluding carboxylic acids is 1. The average Bonchev–Trinajstić information content (AvgIpc) is 2.26. The second-order valence-electron chi connectivity index (χ2n) is 3.80. The minimum absolute atomic E-state index is 0.00537. The highest BCUT2D eigenvalue weighted by Gasteiger charge is 2.13. The molecule has 1 aromatic carbocycles. The average molecular weight is 294 g/mol. The molecule has 0 aliphatic heterocycles. The molecule has 3 heteroatoms. The third-order valence-electron chi connectivity index (χ3n) is 2.28. The molecule has 17 heavy (non-hydrogen) atoms. The van der Waals surface area contributed by atoms with Gasteiger partial charge in [0.1, 0.15) is 0 Å². The van der Waals surface area contributed by atoms with E-state index in [0.717, 1.165) is 10.0 Å². The molecule has 2 nitrogen and oxygen atoms in total. The highest BCUT2D eigenvalue weighted by atomic mass is 79.9. The fourth-order valence-corrected chi connectivity index (χ4v) is 2.20. The lowest BCUT2D eigenvalue weighted by atomic mass is 10.1. The fourth-order valence-electron chi connectivity index (χ4n) is 1.59. The van der Waals surface area contributed by atoms with Crippen molar-refractivity contribution in [3.63, 3.8) is 0 Å². The van der Waals surface area contributed by atoms with Crippen LogP contribution in [0, 0.1) is 6.92 Å². The molecule has 0 radical (unpaired) electrons. The standard InChI is InChI=1S/C14H16BrNO/c1-4-6-16(7-5-2)14(17)12-8-11(3)9-13(15)10-12/h4-5,8-10H,1-2,6-7H2,3H3. The van der Waals surface area contributed by atoms with Crippen LogP contribution in [0.1, 0.15) is 15.9 Å². The summed E-state index contributed by atoms with van der Waals surface area (Å²) in [6.45, 7) is 10.3. The molecule has 0 saturated carbocycles. The van der Waals surface area contributed by atoms with E-state index < -0.39 is 0 Å². The van der Waals surface area contributed by atoms with Crippen molar-refractivity contribution in [2.24, 2.45) is 0 Å². The van der Waals surface area contributed by atoms with Crippen LogP contribution in [-0.4, -0.2) is 23.9 Å². The van der Waals surface area contributed by atoms with Gasteiger partial charge in [-0.15, -0.1) is 13.2 Å². The van der Waals surface area contributed by atoms with Crippen molar-refractivity contribution < 1.29 is 4.79 Å². The summed E-state index contributed by atoms with van der Waals surface area (Å²) in [6, 6.07) is 5.68. The molecule has 0 spiro atoms. The number of aryl methyl sites for hydroxylation is 1. The Balaban J connectivity index is 2.99. The number of halogens is 1. The van der Waals surface area contributed by atoms with E-state index in [2.05, 4.69) is 29.1 Å². The van der Waals surface area contributed by atoms with Gasteiger partial charge in [0.15, 0.2) is 0 Å². The predicted octanol–water partition coefficient (Wildman–Crippen LogP) is 3.57. The van der Waals surface area contributed by atoms with E-state index >= 15 is 0 Å². The molecule has 90 valence electrons. The lowest BCUT2D eigenvalue weighted by Crippen LogP contribution is -2.31. The van der Waals surface area contributed by atoms with Crippen LogP contribution in [0.4, 0.5) is 0 Å². The quantitative estimate of drug-likeness (QED) is 0.760. The van der Waals surface area contributed by atoms with Gasteiger partial charge in [0, 0.05) is 23.1 Å². The number of rotatable bonds is 5. The first-order valence-electron chi connectivity index (χ1n) is 5.36. The van der Waals surface area contributed by atoms with E-state index in [4.69, 9.17) is 0 Å². The van der Waals surface area contributed by atoms with E-state index in [-0.39, 0.29) is 5.91 Å². The minimum atomic E-state index is -0.00537. The Morgan fingerprint density at radius 3 is 2.35 bits per heavy atom. The van der Waals surface area contributed by atoms with E-state index in [9.17, 15) is 4.79 Å². The molecule has 0 aliphatic rings. The third-order valence-corrected chi connectivity index (χ3v) is 2.73. The summed E-state index contributed by atoms with van der Waals surface area (Å²) in [6.07, 6.45) is 3.43. The molecule has 1 aromatic rings. The number of carbonyl (C=O) groups is 1. The summed E-state index contributed by atoms with van der Waals surface area (Å²) >= 11 is 3.40. The SMILES string of the molecule is C=CCN(CC=C)C(=O)c1cc(C)cc(Br)c1. The van der Waals surface area contributed by atoms with Gasteiger partial charge in [-0.1, -0.05) is 28.1 Å². The van der Waals surface area contributed by atoms with Gasteiger partial charge in [-0.25, -0.2) is 0 Å².